The van der Waals surface area contributed by atoms with E-state index >= 15 is 0 Å². The van der Waals surface area contributed by atoms with E-state index in [1.807, 2.05) is 52.0 Å². The summed E-state index contributed by atoms with van der Waals surface area (Å²) in [5.41, 5.74) is 2.88. The standard InChI is InChI=1S/C30H36FIN4O5/c1-19(2)36-26(13-12-24(37)14-25(38)15-27(39)41-35-18-23-16-32(23)35)28(21-8-10-22(31)11-9-21)34-29(36)30(40)33-17-20-6-4-3-5-7-20/h3-11,19,23-25,37-38H,12-18H2,1-2H3,(H,33,40)/t23?,24-,25-/m1/s1. The van der Waals surface area contributed by atoms with Gasteiger partial charge in [-0.25, -0.2) is 4.39 Å². The quantitative estimate of drug-likeness (QED) is 0.141. The summed E-state index contributed by atoms with van der Waals surface area (Å²) in [5.74, 6) is -0.948. The fourth-order valence-electron chi connectivity index (χ4n) is 5.02. The Kier molecular flexibility index (Phi) is 9.37. The summed E-state index contributed by atoms with van der Waals surface area (Å²) in [6.07, 6.45) is -1.44. The Labute approximate surface area is 246 Å². The third-order valence-corrected chi connectivity index (χ3v) is 12.8. The minimum atomic E-state index is -1.13. The number of alkyl halides is 2. The monoisotopic (exact) mass is 678 g/mol. The summed E-state index contributed by atoms with van der Waals surface area (Å²) in [7, 11) is 0. The number of nitrogens with one attached hydrogen (secondary N) is 1. The van der Waals surface area contributed by atoms with E-state index in [1.54, 1.807) is 12.1 Å². The van der Waals surface area contributed by atoms with Gasteiger partial charge >= 0.3 is 140 Å². The second-order valence-electron chi connectivity index (χ2n) is 10.7. The Balaban J connectivity index is 1.28. The zero-order valence-corrected chi connectivity index (χ0v) is 25.3. The van der Waals surface area contributed by atoms with Crippen LogP contribution in [0.2, 0.25) is 0 Å². The van der Waals surface area contributed by atoms with Crippen molar-refractivity contribution in [1.29, 1.82) is 0 Å². The molecule has 0 saturated carbocycles. The molecular formula is C30H36FIN4O5. The number of imidazole rings is 1. The van der Waals surface area contributed by atoms with Gasteiger partial charge in [0.2, 0.25) is 0 Å². The Hall–Kier alpha value is -2.87. The molecule has 2 aliphatic rings. The number of aliphatic hydroxyl groups excluding tert-OH is 2. The van der Waals surface area contributed by atoms with Crippen molar-refractivity contribution in [3.63, 3.8) is 0 Å². The van der Waals surface area contributed by atoms with Gasteiger partial charge in [0, 0.05) is 6.54 Å². The summed E-state index contributed by atoms with van der Waals surface area (Å²) >= 11 is -1.13. The second kappa shape index (κ2) is 13.0. The number of hydrogen-bond acceptors (Lipinski definition) is 7. The Morgan fingerprint density at radius 1 is 1.12 bits per heavy atom. The maximum atomic E-state index is 13.7. The molecule has 3 heterocycles. The molecule has 9 nitrogen and oxygen atoms in total. The topological polar surface area (TPSA) is 117 Å². The van der Waals surface area contributed by atoms with Gasteiger partial charge in [-0.15, -0.1) is 0 Å². The predicted octanol–water partition coefficient (Wildman–Crippen LogP) is 4.21. The molecule has 0 radical (unpaired) electrons. The summed E-state index contributed by atoms with van der Waals surface area (Å²) < 4.78 is 19.4. The van der Waals surface area contributed by atoms with Gasteiger partial charge < -0.3 is 5.32 Å². The third-order valence-electron chi connectivity index (χ3n) is 7.17. The molecule has 1 amide bonds. The number of benzene rings is 2. The van der Waals surface area contributed by atoms with Crippen LogP contribution in [0.3, 0.4) is 0 Å². The van der Waals surface area contributed by atoms with Crippen LogP contribution in [0.5, 0.6) is 0 Å². The molecule has 1 aromatic heterocycles. The molecular weight excluding hydrogens is 642 g/mol. The van der Waals surface area contributed by atoms with Crippen molar-refractivity contribution >= 4 is 32.0 Å². The van der Waals surface area contributed by atoms with Crippen LogP contribution < -0.4 is 5.32 Å². The van der Waals surface area contributed by atoms with E-state index in [-0.39, 0.29) is 42.9 Å². The summed E-state index contributed by atoms with van der Waals surface area (Å²) in [4.78, 5) is 35.6. The number of carbonyl (C=O) groups excluding carboxylic acids is 2. The molecule has 11 heteroatoms. The number of fused-ring (bicyclic) bond motifs is 1. The first-order valence-electron chi connectivity index (χ1n) is 13.9. The summed E-state index contributed by atoms with van der Waals surface area (Å²) in [6.45, 7) is 5.06. The summed E-state index contributed by atoms with van der Waals surface area (Å²) in [5, 5.41) is 24.1. The average molecular weight is 679 g/mol. The molecule has 3 atom stereocenters. The Morgan fingerprint density at radius 3 is 2.49 bits per heavy atom. The number of amides is 1. The predicted molar refractivity (Wildman–Crippen MR) is 161 cm³/mol. The number of halogens is 2. The first-order valence-corrected chi connectivity index (χ1v) is 17.6. The molecule has 1 unspecified atom stereocenters. The molecule has 2 aromatic carbocycles. The fourth-order valence-corrected chi connectivity index (χ4v) is 9.99. The van der Waals surface area contributed by atoms with Crippen LogP contribution in [0, 0.1) is 5.82 Å². The van der Waals surface area contributed by atoms with E-state index in [9.17, 15) is 24.2 Å². The van der Waals surface area contributed by atoms with Gasteiger partial charge in [0.15, 0.2) is 0 Å². The van der Waals surface area contributed by atoms with Gasteiger partial charge in [0.05, 0.1) is 0 Å². The van der Waals surface area contributed by atoms with Gasteiger partial charge in [0.1, 0.15) is 5.82 Å². The molecule has 3 N–H and O–H groups in total. The van der Waals surface area contributed by atoms with Gasteiger partial charge in [-0.3, -0.25) is 4.79 Å². The normalized spacial score (nSPS) is 18.4. The van der Waals surface area contributed by atoms with Crippen molar-refractivity contribution < 1.29 is 29.0 Å². The number of nitrogens with zero attached hydrogens (tertiary/aromatic N) is 3. The molecule has 2 aliphatic heterocycles. The number of aliphatic hydroxyl groups is 2. The SMILES string of the molecule is CC(C)n1c(C(=O)NCc2ccccc2)nc(-c2ccc(F)cc2)c1CC[C@@H](O)C[C@@H](O)CC(=O)ON1CC2CI21. The van der Waals surface area contributed by atoms with Crippen LogP contribution in [0.1, 0.15) is 61.0 Å². The Bertz CT molecular complexity index is 1370. The van der Waals surface area contributed by atoms with Gasteiger partial charge in [-0.2, -0.15) is 0 Å². The molecule has 2 saturated heterocycles. The first kappa shape index (κ1) is 29.6. The van der Waals surface area contributed by atoms with Crippen molar-refractivity contribution in [2.45, 2.75) is 68.2 Å². The van der Waals surface area contributed by atoms with Crippen LogP contribution in [0.25, 0.3) is 11.3 Å². The molecule has 0 spiro atoms. The third kappa shape index (κ3) is 7.32. The molecule has 2 fully saturated rings. The molecule has 0 aliphatic carbocycles. The van der Waals surface area contributed by atoms with E-state index in [1.165, 1.54) is 16.6 Å². The van der Waals surface area contributed by atoms with Crippen LogP contribution in [0.4, 0.5) is 4.39 Å². The van der Waals surface area contributed by atoms with Crippen LogP contribution in [-0.2, 0) is 22.6 Å². The second-order valence-corrected chi connectivity index (χ2v) is 16.6. The van der Waals surface area contributed by atoms with E-state index in [0.717, 1.165) is 21.7 Å². The number of aromatic nitrogens is 2. The number of rotatable bonds is 13. The van der Waals surface area contributed by atoms with Crippen molar-refractivity contribution in [3.8, 4) is 11.3 Å². The van der Waals surface area contributed by atoms with Crippen LogP contribution >= 0.6 is 20.1 Å². The fraction of sp³-hybridized carbons (Fsp3) is 0.433. The van der Waals surface area contributed by atoms with Crippen LogP contribution in [0.15, 0.2) is 54.6 Å². The van der Waals surface area contributed by atoms with Gasteiger partial charge in [-0.1, -0.05) is 30.3 Å². The van der Waals surface area contributed by atoms with Gasteiger partial charge in [0.25, 0.3) is 5.91 Å². The first-order chi connectivity index (χ1) is 19.7. The van der Waals surface area contributed by atoms with Crippen molar-refractivity contribution in [2.75, 3.05) is 11.0 Å². The minimum absolute atomic E-state index is 0.0200. The number of hydrogen-bond donors (Lipinski definition) is 3. The van der Waals surface area contributed by atoms with E-state index < -0.39 is 38.3 Å². The average Bonchev–Trinajstić information content (AvgIpc) is 3.44. The van der Waals surface area contributed by atoms with Crippen molar-refractivity contribution in [1.82, 2.24) is 18.1 Å². The van der Waals surface area contributed by atoms with Crippen LogP contribution in [-0.4, -0.2) is 62.0 Å². The summed E-state index contributed by atoms with van der Waals surface area (Å²) in [6, 6.07) is 15.4. The van der Waals surface area contributed by atoms with E-state index in [2.05, 4.69) is 5.32 Å². The molecule has 5 rings (SSSR count). The zero-order valence-electron chi connectivity index (χ0n) is 23.2. The molecule has 3 aromatic rings. The molecule has 220 valence electrons. The Morgan fingerprint density at radius 2 is 1.85 bits per heavy atom. The van der Waals surface area contributed by atoms with Crippen molar-refractivity contribution in [2.24, 2.45) is 0 Å². The molecule has 41 heavy (non-hydrogen) atoms. The van der Waals surface area contributed by atoms with Gasteiger partial charge in [-0.05, 0) is 43.7 Å². The van der Waals surface area contributed by atoms with Crippen molar-refractivity contribution in [3.05, 3.63) is 77.5 Å². The zero-order chi connectivity index (χ0) is 29.1. The number of hydroxylamine groups is 1. The maximum absolute atomic E-state index is 13.7. The van der Waals surface area contributed by atoms with E-state index in [4.69, 9.17) is 9.82 Å². The van der Waals surface area contributed by atoms with E-state index in [0.29, 0.717) is 24.2 Å². The molecule has 0 bridgehead atoms. The number of carbonyl (C=O) groups is 2.